The number of benzene rings is 1. The molecule has 0 aliphatic heterocycles. The lowest BCUT2D eigenvalue weighted by Crippen LogP contribution is -2.38. The molecule has 2 rings (SSSR count). The highest BCUT2D eigenvalue weighted by Crippen LogP contribution is 2.47. The summed E-state index contributed by atoms with van der Waals surface area (Å²) >= 11 is 0. The standard InChI is InChI=1S/C17H27NO/c1-13(2)18-12-17(3,15-9-10-15)11-14-7-5-6-8-16(14)19-4/h5-8,13,15,18H,9-12H2,1-4H3. The second-order valence-corrected chi connectivity index (χ2v) is 6.45. The SMILES string of the molecule is COc1ccccc1CC(C)(CNC(C)C)C1CC1. The maximum absolute atomic E-state index is 5.50. The van der Waals surface area contributed by atoms with Gasteiger partial charge in [0.05, 0.1) is 7.11 Å². The predicted octanol–water partition coefficient (Wildman–Crippen LogP) is 3.65. The third-order valence-electron chi connectivity index (χ3n) is 4.26. The Balaban J connectivity index is 2.11. The number of para-hydroxylation sites is 1. The van der Waals surface area contributed by atoms with Crippen LogP contribution in [0, 0.1) is 11.3 Å². The van der Waals surface area contributed by atoms with Crippen LogP contribution in [0.1, 0.15) is 39.2 Å². The van der Waals surface area contributed by atoms with Crippen LogP contribution in [0.15, 0.2) is 24.3 Å². The predicted molar refractivity (Wildman–Crippen MR) is 80.7 cm³/mol. The van der Waals surface area contributed by atoms with Gasteiger partial charge in [0.1, 0.15) is 5.75 Å². The first kappa shape index (κ1) is 14.4. The largest absolute Gasteiger partial charge is 0.496 e. The van der Waals surface area contributed by atoms with E-state index in [-0.39, 0.29) is 0 Å². The zero-order chi connectivity index (χ0) is 13.9. The third-order valence-corrected chi connectivity index (χ3v) is 4.26. The smallest absolute Gasteiger partial charge is 0.122 e. The first-order chi connectivity index (χ1) is 9.05. The third kappa shape index (κ3) is 3.73. The Morgan fingerprint density at radius 1 is 1.32 bits per heavy atom. The molecule has 0 heterocycles. The molecule has 106 valence electrons. The second kappa shape index (κ2) is 5.96. The van der Waals surface area contributed by atoms with Gasteiger partial charge in [0.25, 0.3) is 0 Å². The molecule has 2 heteroatoms. The Labute approximate surface area is 117 Å². The van der Waals surface area contributed by atoms with Gasteiger partial charge in [-0.3, -0.25) is 0 Å². The van der Waals surface area contributed by atoms with Crippen LogP contribution in [-0.4, -0.2) is 19.7 Å². The average Bonchev–Trinajstić information content (AvgIpc) is 3.22. The molecule has 1 saturated carbocycles. The van der Waals surface area contributed by atoms with Gasteiger partial charge in [-0.05, 0) is 42.2 Å². The molecule has 0 saturated heterocycles. The Morgan fingerprint density at radius 3 is 2.58 bits per heavy atom. The fourth-order valence-corrected chi connectivity index (χ4v) is 2.85. The number of nitrogens with one attached hydrogen (secondary N) is 1. The average molecular weight is 261 g/mol. The Bertz CT molecular complexity index is 411. The minimum atomic E-state index is 0.346. The Kier molecular flexibility index (Phi) is 4.51. The van der Waals surface area contributed by atoms with E-state index in [0.29, 0.717) is 11.5 Å². The van der Waals surface area contributed by atoms with Gasteiger partial charge in [-0.1, -0.05) is 39.0 Å². The molecule has 1 unspecified atom stereocenters. The van der Waals surface area contributed by atoms with Crippen molar-refractivity contribution in [3.63, 3.8) is 0 Å². The van der Waals surface area contributed by atoms with E-state index in [0.717, 1.165) is 24.6 Å². The normalized spacial score (nSPS) is 18.4. The van der Waals surface area contributed by atoms with Crippen molar-refractivity contribution in [2.45, 2.75) is 46.1 Å². The van der Waals surface area contributed by atoms with E-state index in [1.54, 1.807) is 7.11 Å². The first-order valence-electron chi connectivity index (χ1n) is 7.40. The molecule has 0 aromatic heterocycles. The van der Waals surface area contributed by atoms with E-state index >= 15 is 0 Å². The summed E-state index contributed by atoms with van der Waals surface area (Å²) in [4.78, 5) is 0. The molecule has 2 nitrogen and oxygen atoms in total. The Hall–Kier alpha value is -1.02. The molecule has 0 amide bonds. The van der Waals surface area contributed by atoms with Crippen molar-refractivity contribution in [3.05, 3.63) is 29.8 Å². The van der Waals surface area contributed by atoms with Crippen LogP contribution in [0.3, 0.4) is 0 Å². The fourth-order valence-electron chi connectivity index (χ4n) is 2.85. The van der Waals surface area contributed by atoms with E-state index in [1.807, 2.05) is 6.07 Å². The van der Waals surface area contributed by atoms with Crippen LogP contribution >= 0.6 is 0 Å². The number of ether oxygens (including phenoxy) is 1. The van der Waals surface area contributed by atoms with Gasteiger partial charge >= 0.3 is 0 Å². The molecule has 0 bridgehead atoms. The second-order valence-electron chi connectivity index (χ2n) is 6.45. The van der Waals surface area contributed by atoms with Gasteiger partial charge in [-0.2, -0.15) is 0 Å². The lowest BCUT2D eigenvalue weighted by molar-refractivity contribution is 0.245. The molecular formula is C17H27NO. The maximum atomic E-state index is 5.50. The van der Waals surface area contributed by atoms with Crippen molar-refractivity contribution in [2.75, 3.05) is 13.7 Å². The van der Waals surface area contributed by atoms with Crippen molar-refractivity contribution in [1.29, 1.82) is 0 Å². The molecular weight excluding hydrogens is 234 g/mol. The zero-order valence-corrected chi connectivity index (χ0v) is 12.7. The number of methoxy groups -OCH3 is 1. The van der Waals surface area contributed by atoms with Gasteiger partial charge < -0.3 is 10.1 Å². The van der Waals surface area contributed by atoms with E-state index < -0.39 is 0 Å². The minimum absolute atomic E-state index is 0.346. The van der Waals surface area contributed by atoms with Crippen LogP contribution < -0.4 is 10.1 Å². The fraction of sp³-hybridized carbons (Fsp3) is 0.647. The van der Waals surface area contributed by atoms with Crippen LogP contribution in [0.4, 0.5) is 0 Å². The summed E-state index contributed by atoms with van der Waals surface area (Å²) in [5.74, 6) is 1.89. The van der Waals surface area contributed by atoms with Gasteiger partial charge in [0.15, 0.2) is 0 Å². The summed E-state index contributed by atoms with van der Waals surface area (Å²) in [6, 6.07) is 8.98. The monoisotopic (exact) mass is 261 g/mol. The Morgan fingerprint density at radius 2 is 2.00 bits per heavy atom. The van der Waals surface area contributed by atoms with Crippen molar-refractivity contribution >= 4 is 0 Å². The molecule has 1 N–H and O–H groups in total. The van der Waals surface area contributed by atoms with Gasteiger partial charge in [0.2, 0.25) is 0 Å². The van der Waals surface area contributed by atoms with Crippen molar-refractivity contribution in [3.8, 4) is 5.75 Å². The maximum Gasteiger partial charge on any atom is 0.122 e. The van der Waals surface area contributed by atoms with E-state index in [9.17, 15) is 0 Å². The first-order valence-corrected chi connectivity index (χ1v) is 7.40. The summed E-state index contributed by atoms with van der Waals surface area (Å²) in [6.45, 7) is 7.95. The molecule has 0 radical (unpaired) electrons. The molecule has 1 aliphatic rings. The quantitative estimate of drug-likeness (QED) is 0.809. The van der Waals surface area contributed by atoms with Gasteiger partial charge in [-0.15, -0.1) is 0 Å². The van der Waals surface area contributed by atoms with Crippen LogP contribution in [0.5, 0.6) is 5.75 Å². The van der Waals surface area contributed by atoms with Crippen molar-refractivity contribution < 1.29 is 4.74 Å². The van der Waals surface area contributed by atoms with Crippen molar-refractivity contribution in [1.82, 2.24) is 5.32 Å². The lowest BCUT2D eigenvalue weighted by atomic mass is 9.78. The summed E-state index contributed by atoms with van der Waals surface area (Å²) in [7, 11) is 1.76. The molecule has 1 fully saturated rings. The van der Waals surface area contributed by atoms with Crippen LogP contribution in [0.25, 0.3) is 0 Å². The lowest BCUT2D eigenvalue weighted by Gasteiger charge is -2.32. The highest BCUT2D eigenvalue weighted by atomic mass is 16.5. The topological polar surface area (TPSA) is 21.3 Å². The molecule has 1 aromatic carbocycles. The van der Waals surface area contributed by atoms with Crippen LogP contribution in [0.2, 0.25) is 0 Å². The zero-order valence-electron chi connectivity index (χ0n) is 12.7. The molecule has 0 spiro atoms. The summed E-state index contributed by atoms with van der Waals surface area (Å²) < 4.78 is 5.50. The van der Waals surface area contributed by atoms with E-state index in [1.165, 1.54) is 18.4 Å². The van der Waals surface area contributed by atoms with Gasteiger partial charge in [0, 0.05) is 12.6 Å². The van der Waals surface area contributed by atoms with Gasteiger partial charge in [-0.25, -0.2) is 0 Å². The summed E-state index contributed by atoms with van der Waals surface area (Å²) in [6.07, 6.45) is 3.86. The molecule has 1 atom stereocenters. The summed E-state index contributed by atoms with van der Waals surface area (Å²) in [5, 5.41) is 3.62. The van der Waals surface area contributed by atoms with E-state index in [4.69, 9.17) is 4.74 Å². The molecule has 1 aliphatic carbocycles. The highest BCUT2D eigenvalue weighted by Gasteiger charge is 2.41. The summed E-state index contributed by atoms with van der Waals surface area (Å²) in [5.41, 5.74) is 1.68. The number of hydrogen-bond acceptors (Lipinski definition) is 2. The van der Waals surface area contributed by atoms with Crippen LogP contribution in [-0.2, 0) is 6.42 Å². The number of rotatable bonds is 7. The molecule has 19 heavy (non-hydrogen) atoms. The van der Waals surface area contributed by atoms with E-state index in [2.05, 4.69) is 44.3 Å². The minimum Gasteiger partial charge on any atom is -0.496 e. The molecule has 1 aromatic rings. The highest BCUT2D eigenvalue weighted by molar-refractivity contribution is 5.34. The van der Waals surface area contributed by atoms with Crippen molar-refractivity contribution in [2.24, 2.45) is 11.3 Å². The number of hydrogen-bond donors (Lipinski definition) is 1.